The summed E-state index contributed by atoms with van der Waals surface area (Å²) in [5.74, 6) is 0.544. The Labute approximate surface area is 275 Å². The molecule has 0 saturated heterocycles. The number of halogens is 2. The van der Waals surface area contributed by atoms with Crippen LogP contribution in [-0.4, -0.2) is 28.7 Å². The molecule has 3 aromatic carbocycles. The number of hydrogen-bond donors (Lipinski definition) is 0. The molecule has 0 unspecified atom stereocenters. The summed E-state index contributed by atoms with van der Waals surface area (Å²) < 4.78 is 19.5. The molecule has 0 saturated carbocycles. The van der Waals surface area contributed by atoms with Gasteiger partial charge < -0.3 is 14.2 Å². The molecule has 0 radical (unpaired) electrons. The first kappa shape index (κ1) is 32.1. The van der Waals surface area contributed by atoms with E-state index in [-0.39, 0.29) is 30.0 Å². The molecule has 1 aliphatic rings. The summed E-state index contributed by atoms with van der Waals surface area (Å²) in [5.41, 5.74) is 2.29. The Hall–Kier alpha value is -4.26. The van der Waals surface area contributed by atoms with Gasteiger partial charge in [-0.05, 0) is 90.3 Å². The normalized spacial score (nSPS) is 14.5. The summed E-state index contributed by atoms with van der Waals surface area (Å²) >= 11 is 11.1. The fourth-order valence-electron chi connectivity index (χ4n) is 4.87. The van der Waals surface area contributed by atoms with Gasteiger partial charge in [0, 0.05) is 22.7 Å². The summed E-state index contributed by atoms with van der Waals surface area (Å²) in [6, 6.07) is 15.9. The number of fused-ring (bicyclic) bond motifs is 1. The predicted molar refractivity (Wildman–Crippen MR) is 175 cm³/mol. The maximum atomic E-state index is 14.1. The molecule has 45 heavy (non-hydrogen) atoms. The van der Waals surface area contributed by atoms with E-state index in [2.05, 4.69) is 20.9 Å². The third-order valence-electron chi connectivity index (χ3n) is 6.88. The van der Waals surface area contributed by atoms with Gasteiger partial charge in [0.1, 0.15) is 18.1 Å². The quantitative estimate of drug-likeness (QED) is 0.111. The Morgan fingerprint density at radius 2 is 1.82 bits per heavy atom. The Kier molecular flexibility index (Phi) is 9.86. The standard InChI is InChI=1S/C32H27BrClN3O7S/c1-4-42-24-12-8-20(9-13-24)28-27(31(39)43-5-2)18(3)35-32-36(28)30(38)26(45-32)15-21-14-22(34)16-25(33)29(21)44-17-19-6-10-23(11-7-19)37(40)41/h6-16,28H,4-5,17H2,1-3H3/b26-15-/t28-/m0/s1. The highest BCUT2D eigenvalue weighted by Gasteiger charge is 2.33. The number of rotatable bonds is 10. The third kappa shape index (κ3) is 6.87. The molecule has 5 rings (SSSR count). The van der Waals surface area contributed by atoms with Crippen LogP contribution in [0.4, 0.5) is 5.69 Å². The highest BCUT2D eigenvalue weighted by Crippen LogP contribution is 2.35. The lowest BCUT2D eigenvalue weighted by Crippen LogP contribution is -2.39. The molecule has 13 heteroatoms. The largest absolute Gasteiger partial charge is 0.494 e. The number of non-ortho nitro benzene ring substituents is 1. The topological polar surface area (TPSA) is 122 Å². The van der Waals surface area contributed by atoms with Crippen LogP contribution in [0, 0.1) is 10.1 Å². The van der Waals surface area contributed by atoms with E-state index < -0.39 is 16.9 Å². The fourth-order valence-corrected chi connectivity index (χ4v) is 6.86. The van der Waals surface area contributed by atoms with E-state index in [0.29, 0.717) is 59.3 Å². The van der Waals surface area contributed by atoms with Crippen LogP contribution in [0.25, 0.3) is 6.08 Å². The van der Waals surface area contributed by atoms with E-state index in [1.165, 1.54) is 28.0 Å². The van der Waals surface area contributed by atoms with Crippen molar-refractivity contribution in [3.05, 3.63) is 128 Å². The number of nitrogens with zero attached hydrogens (tertiary/aromatic N) is 3. The number of benzene rings is 3. The molecule has 0 aliphatic carbocycles. The summed E-state index contributed by atoms with van der Waals surface area (Å²) in [5, 5.41) is 11.4. The molecule has 0 N–H and O–H groups in total. The van der Waals surface area contributed by atoms with Crippen molar-refractivity contribution in [3.63, 3.8) is 0 Å². The summed E-state index contributed by atoms with van der Waals surface area (Å²) in [6.07, 6.45) is 1.67. The van der Waals surface area contributed by atoms with E-state index in [9.17, 15) is 19.7 Å². The van der Waals surface area contributed by atoms with Gasteiger partial charge in [-0.2, -0.15) is 0 Å². The first-order valence-corrected chi connectivity index (χ1v) is 15.9. The number of carbonyl (C=O) groups is 1. The molecular formula is C32H27BrClN3O7S. The second-order valence-electron chi connectivity index (χ2n) is 9.82. The minimum Gasteiger partial charge on any atom is -0.494 e. The van der Waals surface area contributed by atoms with Crippen LogP contribution in [0.1, 0.15) is 43.5 Å². The lowest BCUT2D eigenvalue weighted by atomic mass is 9.96. The minimum absolute atomic E-state index is 0.0209. The Balaban J connectivity index is 1.60. The summed E-state index contributed by atoms with van der Waals surface area (Å²) in [7, 11) is 0. The van der Waals surface area contributed by atoms with Gasteiger partial charge >= 0.3 is 5.97 Å². The average Bonchev–Trinajstić information content (AvgIpc) is 3.30. The molecule has 4 aromatic rings. The van der Waals surface area contributed by atoms with Crippen LogP contribution < -0.4 is 24.4 Å². The summed E-state index contributed by atoms with van der Waals surface area (Å²) in [4.78, 5) is 42.9. The number of aromatic nitrogens is 1. The number of ether oxygens (including phenoxy) is 3. The van der Waals surface area contributed by atoms with E-state index in [4.69, 9.17) is 25.8 Å². The molecule has 0 amide bonds. The van der Waals surface area contributed by atoms with E-state index in [0.717, 1.165) is 0 Å². The molecule has 232 valence electrons. The van der Waals surface area contributed by atoms with Crippen LogP contribution in [0.15, 0.2) is 86.2 Å². The number of hydrogen-bond acceptors (Lipinski definition) is 9. The fraction of sp³-hybridized carbons (Fsp3) is 0.219. The van der Waals surface area contributed by atoms with Crippen molar-refractivity contribution < 1.29 is 23.9 Å². The minimum atomic E-state index is -0.776. The number of nitro groups is 1. The van der Waals surface area contributed by atoms with Crippen molar-refractivity contribution in [1.29, 1.82) is 0 Å². The van der Waals surface area contributed by atoms with Gasteiger partial charge in [-0.1, -0.05) is 35.1 Å². The van der Waals surface area contributed by atoms with Gasteiger partial charge in [-0.3, -0.25) is 19.5 Å². The highest BCUT2D eigenvalue weighted by molar-refractivity contribution is 9.10. The molecule has 0 fully saturated rings. The number of thiazole rings is 1. The second kappa shape index (κ2) is 13.8. The van der Waals surface area contributed by atoms with Crippen molar-refractivity contribution in [2.45, 2.75) is 33.4 Å². The van der Waals surface area contributed by atoms with Gasteiger partial charge in [-0.25, -0.2) is 9.79 Å². The molecule has 1 aliphatic heterocycles. The second-order valence-corrected chi connectivity index (χ2v) is 12.1. The van der Waals surface area contributed by atoms with Crippen molar-refractivity contribution in [1.82, 2.24) is 4.57 Å². The van der Waals surface area contributed by atoms with Gasteiger partial charge in [0.05, 0.1) is 44.5 Å². The maximum absolute atomic E-state index is 14.1. The predicted octanol–water partition coefficient (Wildman–Crippen LogP) is 6.10. The number of carbonyl (C=O) groups excluding carboxylic acids is 1. The molecule has 2 heterocycles. The van der Waals surface area contributed by atoms with Gasteiger partial charge in [0.15, 0.2) is 4.80 Å². The highest BCUT2D eigenvalue weighted by atomic mass is 79.9. The first-order chi connectivity index (χ1) is 21.6. The average molecular weight is 713 g/mol. The molecule has 1 aromatic heterocycles. The molecule has 1 atom stereocenters. The smallest absolute Gasteiger partial charge is 0.338 e. The molecule has 10 nitrogen and oxygen atoms in total. The summed E-state index contributed by atoms with van der Waals surface area (Å²) in [6.45, 7) is 6.12. The number of allylic oxidation sites excluding steroid dienone is 1. The zero-order chi connectivity index (χ0) is 32.2. The lowest BCUT2D eigenvalue weighted by Gasteiger charge is -2.24. The van der Waals surface area contributed by atoms with E-state index in [1.807, 2.05) is 19.1 Å². The molecule has 0 bridgehead atoms. The third-order valence-corrected chi connectivity index (χ3v) is 8.67. The monoisotopic (exact) mass is 711 g/mol. The molecule has 0 spiro atoms. The number of esters is 1. The van der Waals surface area contributed by atoms with Gasteiger partial charge in [0.25, 0.3) is 11.2 Å². The van der Waals surface area contributed by atoms with Gasteiger partial charge in [0.2, 0.25) is 0 Å². The van der Waals surface area contributed by atoms with Crippen LogP contribution in [0.2, 0.25) is 5.02 Å². The van der Waals surface area contributed by atoms with Crippen LogP contribution in [-0.2, 0) is 16.1 Å². The zero-order valence-corrected chi connectivity index (χ0v) is 27.6. The molecular weight excluding hydrogens is 686 g/mol. The van der Waals surface area contributed by atoms with Crippen molar-refractivity contribution >= 4 is 56.6 Å². The first-order valence-electron chi connectivity index (χ1n) is 13.9. The van der Waals surface area contributed by atoms with E-state index >= 15 is 0 Å². The van der Waals surface area contributed by atoms with Crippen LogP contribution in [0.5, 0.6) is 11.5 Å². The van der Waals surface area contributed by atoms with Crippen LogP contribution in [0.3, 0.4) is 0 Å². The zero-order valence-electron chi connectivity index (χ0n) is 24.4. The van der Waals surface area contributed by atoms with Gasteiger partial charge in [-0.15, -0.1) is 0 Å². The van der Waals surface area contributed by atoms with Crippen LogP contribution >= 0.6 is 38.9 Å². The van der Waals surface area contributed by atoms with Crippen molar-refractivity contribution in [2.75, 3.05) is 13.2 Å². The lowest BCUT2D eigenvalue weighted by molar-refractivity contribution is -0.384. The Bertz CT molecular complexity index is 1990. The van der Waals surface area contributed by atoms with Crippen molar-refractivity contribution in [3.8, 4) is 11.5 Å². The maximum Gasteiger partial charge on any atom is 0.338 e. The van der Waals surface area contributed by atoms with E-state index in [1.54, 1.807) is 56.3 Å². The Morgan fingerprint density at radius 1 is 1.11 bits per heavy atom. The Morgan fingerprint density at radius 3 is 2.47 bits per heavy atom. The van der Waals surface area contributed by atoms with Crippen molar-refractivity contribution in [2.24, 2.45) is 4.99 Å². The SMILES string of the molecule is CCOC(=O)C1=C(C)N=c2s/c(=C\c3cc(Cl)cc(Br)c3OCc3ccc([N+](=O)[O-])cc3)c(=O)n2[C@H]1c1ccc(OCC)cc1. The number of nitro benzene ring substituents is 1.